The fourth-order valence-electron chi connectivity index (χ4n) is 0.914. The molecule has 0 unspecified atom stereocenters. The maximum absolute atomic E-state index is 11.4. The molecule has 4 nitrogen and oxygen atoms in total. The van der Waals surface area contributed by atoms with E-state index in [9.17, 15) is 9.59 Å². The van der Waals surface area contributed by atoms with Crippen LogP contribution in [0, 0.1) is 5.92 Å². The molecule has 82 valence electrons. The lowest BCUT2D eigenvalue weighted by atomic mass is 10.0. The Morgan fingerprint density at radius 2 is 1.93 bits per heavy atom. The maximum Gasteiger partial charge on any atom is 0.328 e. The lowest BCUT2D eigenvalue weighted by Gasteiger charge is -2.21. The van der Waals surface area contributed by atoms with Crippen LogP contribution in [0.3, 0.4) is 0 Å². The second-order valence-corrected chi connectivity index (χ2v) is 4.20. The minimum Gasteiger partial charge on any atom is -0.480 e. The van der Waals surface area contributed by atoms with E-state index in [1.54, 1.807) is 0 Å². The summed E-state index contributed by atoms with van der Waals surface area (Å²) in [6.45, 7) is 6.92. The summed E-state index contributed by atoms with van der Waals surface area (Å²) < 4.78 is 0. The zero-order valence-electron chi connectivity index (χ0n) is 9.26. The van der Waals surface area contributed by atoms with E-state index in [2.05, 4.69) is 5.32 Å². The zero-order chi connectivity index (χ0) is 11.4. The third kappa shape index (κ3) is 4.25. The van der Waals surface area contributed by atoms with Crippen LogP contribution in [0.1, 0.15) is 40.5 Å². The van der Waals surface area contributed by atoms with Gasteiger partial charge in [-0.25, -0.2) is 4.79 Å². The molecule has 0 fully saturated rings. The second-order valence-electron chi connectivity index (χ2n) is 4.20. The number of hydrogen-bond acceptors (Lipinski definition) is 2. The number of carbonyl (C=O) groups excluding carboxylic acids is 1. The molecule has 0 aromatic rings. The standard InChI is InChI=1S/C10H19NO3/c1-5-7(2)6-8(12)11-10(3,4)9(13)14/h7H,5-6H2,1-4H3,(H,11,12)(H,13,14)/t7-/m0/s1. The second kappa shape index (κ2) is 4.98. The van der Waals surface area contributed by atoms with Gasteiger partial charge in [0.25, 0.3) is 0 Å². The van der Waals surface area contributed by atoms with Gasteiger partial charge in [0.05, 0.1) is 0 Å². The molecule has 2 N–H and O–H groups in total. The lowest BCUT2D eigenvalue weighted by molar-refractivity contribution is -0.146. The first kappa shape index (κ1) is 12.9. The van der Waals surface area contributed by atoms with Crippen LogP contribution in [0.4, 0.5) is 0 Å². The molecule has 0 spiro atoms. The molecule has 1 atom stereocenters. The van der Waals surface area contributed by atoms with E-state index in [-0.39, 0.29) is 5.91 Å². The molecule has 0 saturated heterocycles. The normalized spacial score (nSPS) is 13.4. The summed E-state index contributed by atoms with van der Waals surface area (Å²) in [7, 11) is 0. The Labute approximate surface area is 84.7 Å². The maximum atomic E-state index is 11.4. The molecular weight excluding hydrogens is 182 g/mol. The highest BCUT2D eigenvalue weighted by Crippen LogP contribution is 2.08. The fourth-order valence-corrected chi connectivity index (χ4v) is 0.914. The van der Waals surface area contributed by atoms with Crippen molar-refractivity contribution in [1.82, 2.24) is 5.32 Å². The number of carboxylic acids is 1. The molecule has 0 aliphatic rings. The summed E-state index contributed by atoms with van der Waals surface area (Å²) in [5, 5.41) is 11.2. The molecule has 0 aliphatic heterocycles. The van der Waals surface area contributed by atoms with Crippen molar-refractivity contribution >= 4 is 11.9 Å². The Morgan fingerprint density at radius 1 is 1.43 bits per heavy atom. The Kier molecular flexibility index (Phi) is 4.60. The van der Waals surface area contributed by atoms with Gasteiger partial charge in [0.15, 0.2) is 0 Å². The minimum atomic E-state index is -1.18. The molecule has 0 bridgehead atoms. The van der Waals surface area contributed by atoms with Gasteiger partial charge in [0.2, 0.25) is 5.91 Å². The molecule has 0 aliphatic carbocycles. The topological polar surface area (TPSA) is 66.4 Å². The van der Waals surface area contributed by atoms with Gasteiger partial charge >= 0.3 is 5.97 Å². The van der Waals surface area contributed by atoms with Gasteiger partial charge in [0.1, 0.15) is 5.54 Å². The summed E-state index contributed by atoms with van der Waals surface area (Å²) in [5.74, 6) is -0.929. The molecule has 4 heteroatoms. The Bertz CT molecular complexity index is 223. The molecular formula is C10H19NO3. The van der Waals surface area contributed by atoms with Gasteiger partial charge in [-0.1, -0.05) is 20.3 Å². The van der Waals surface area contributed by atoms with Crippen LogP contribution < -0.4 is 5.32 Å². The van der Waals surface area contributed by atoms with Crippen molar-refractivity contribution in [3.8, 4) is 0 Å². The van der Waals surface area contributed by atoms with Gasteiger partial charge < -0.3 is 10.4 Å². The highest BCUT2D eigenvalue weighted by atomic mass is 16.4. The SMILES string of the molecule is CC[C@H](C)CC(=O)NC(C)(C)C(=O)O. The number of nitrogens with one attached hydrogen (secondary N) is 1. The van der Waals surface area contributed by atoms with E-state index in [1.807, 2.05) is 13.8 Å². The van der Waals surface area contributed by atoms with Crippen molar-refractivity contribution in [3.63, 3.8) is 0 Å². The lowest BCUT2D eigenvalue weighted by Crippen LogP contribution is -2.49. The first-order chi connectivity index (χ1) is 6.29. The average molecular weight is 201 g/mol. The molecule has 1 amide bonds. The number of carbonyl (C=O) groups is 2. The highest BCUT2D eigenvalue weighted by Gasteiger charge is 2.28. The predicted molar refractivity (Wildman–Crippen MR) is 53.9 cm³/mol. The molecule has 0 heterocycles. The Balaban J connectivity index is 4.12. The van der Waals surface area contributed by atoms with Crippen molar-refractivity contribution in [2.24, 2.45) is 5.92 Å². The van der Waals surface area contributed by atoms with Crippen molar-refractivity contribution in [3.05, 3.63) is 0 Å². The summed E-state index contributed by atoms with van der Waals surface area (Å²) >= 11 is 0. The number of carboxylic acid groups (broad SMARTS) is 1. The van der Waals surface area contributed by atoms with Gasteiger partial charge in [-0.15, -0.1) is 0 Å². The molecule has 0 saturated carbocycles. The van der Waals surface area contributed by atoms with E-state index in [4.69, 9.17) is 5.11 Å². The van der Waals surface area contributed by atoms with Crippen LogP contribution in [0.15, 0.2) is 0 Å². The molecule has 0 rings (SSSR count). The first-order valence-corrected chi connectivity index (χ1v) is 4.84. The highest BCUT2D eigenvalue weighted by molar-refractivity contribution is 5.86. The molecule has 0 radical (unpaired) electrons. The summed E-state index contributed by atoms with van der Waals surface area (Å²) in [5.41, 5.74) is -1.18. The molecule has 0 aromatic heterocycles. The largest absolute Gasteiger partial charge is 0.480 e. The monoisotopic (exact) mass is 201 g/mol. The number of aliphatic carboxylic acids is 1. The van der Waals surface area contributed by atoms with Crippen molar-refractivity contribution in [2.45, 2.75) is 46.1 Å². The summed E-state index contributed by atoms with van der Waals surface area (Å²) in [6, 6.07) is 0. The van der Waals surface area contributed by atoms with E-state index in [0.29, 0.717) is 12.3 Å². The third-order valence-electron chi connectivity index (χ3n) is 2.22. The first-order valence-electron chi connectivity index (χ1n) is 4.84. The van der Waals surface area contributed by atoms with Crippen LogP contribution in [0.5, 0.6) is 0 Å². The number of rotatable bonds is 5. The van der Waals surface area contributed by atoms with Crippen LogP contribution in [-0.4, -0.2) is 22.5 Å². The molecule has 0 aromatic carbocycles. The average Bonchev–Trinajstić information content (AvgIpc) is 2.02. The van der Waals surface area contributed by atoms with Crippen molar-refractivity contribution in [2.75, 3.05) is 0 Å². The number of amides is 1. The van der Waals surface area contributed by atoms with Gasteiger partial charge in [-0.3, -0.25) is 4.79 Å². The van der Waals surface area contributed by atoms with E-state index in [1.165, 1.54) is 13.8 Å². The van der Waals surface area contributed by atoms with Gasteiger partial charge in [0, 0.05) is 6.42 Å². The fraction of sp³-hybridized carbons (Fsp3) is 0.800. The van der Waals surface area contributed by atoms with Crippen molar-refractivity contribution in [1.29, 1.82) is 0 Å². The summed E-state index contributed by atoms with van der Waals surface area (Å²) in [4.78, 5) is 22.1. The zero-order valence-corrected chi connectivity index (χ0v) is 9.26. The predicted octanol–water partition coefficient (Wildman–Crippen LogP) is 1.40. The minimum absolute atomic E-state index is 0.202. The Morgan fingerprint density at radius 3 is 2.29 bits per heavy atom. The van der Waals surface area contributed by atoms with E-state index < -0.39 is 11.5 Å². The number of hydrogen-bond donors (Lipinski definition) is 2. The molecule has 14 heavy (non-hydrogen) atoms. The quantitative estimate of drug-likeness (QED) is 0.706. The smallest absolute Gasteiger partial charge is 0.328 e. The van der Waals surface area contributed by atoms with Crippen LogP contribution in [0.25, 0.3) is 0 Å². The Hall–Kier alpha value is -1.06. The van der Waals surface area contributed by atoms with Crippen molar-refractivity contribution < 1.29 is 14.7 Å². The van der Waals surface area contributed by atoms with Crippen LogP contribution in [0.2, 0.25) is 0 Å². The summed E-state index contributed by atoms with van der Waals surface area (Å²) in [6.07, 6.45) is 1.30. The van der Waals surface area contributed by atoms with E-state index >= 15 is 0 Å². The van der Waals surface area contributed by atoms with E-state index in [0.717, 1.165) is 6.42 Å². The van der Waals surface area contributed by atoms with Gasteiger partial charge in [-0.2, -0.15) is 0 Å². The van der Waals surface area contributed by atoms with Crippen LogP contribution in [-0.2, 0) is 9.59 Å². The van der Waals surface area contributed by atoms with Gasteiger partial charge in [-0.05, 0) is 19.8 Å². The van der Waals surface area contributed by atoms with Crippen LogP contribution >= 0.6 is 0 Å². The third-order valence-corrected chi connectivity index (χ3v) is 2.22.